The molecule has 0 amide bonds. The first-order chi connectivity index (χ1) is 4.18. The molecule has 0 radical (unpaired) electrons. The predicted octanol–water partition coefficient (Wildman–Crippen LogP) is 0.0962. The van der Waals surface area contributed by atoms with Crippen LogP contribution >= 0.6 is 0 Å². The molecule has 3 N–H and O–H groups in total. The van der Waals surface area contributed by atoms with Crippen LogP contribution in [0.25, 0.3) is 0 Å². The molecule has 4 heteroatoms. The van der Waals surface area contributed by atoms with Crippen LogP contribution in [0.4, 0.5) is 10.2 Å². The van der Waals surface area contributed by atoms with E-state index in [-0.39, 0.29) is 5.82 Å². The summed E-state index contributed by atoms with van der Waals surface area (Å²) in [5.41, 5.74) is 4.54. The monoisotopic (exact) mass is 128 g/mol. The molecule has 0 bridgehead atoms. The molecule has 0 aliphatic heterocycles. The second-order valence-electron chi connectivity index (χ2n) is 1.62. The van der Waals surface area contributed by atoms with Gasteiger partial charge in [-0.25, -0.2) is 4.39 Å². The maximum atomic E-state index is 12.1. The number of rotatable bonds is 0. The Morgan fingerprint density at radius 1 is 1.56 bits per heavy atom. The number of aromatic amines is 1. The minimum atomic E-state index is -0.615. The summed E-state index contributed by atoms with van der Waals surface area (Å²) in [5, 5.41) is 0. The van der Waals surface area contributed by atoms with Crippen molar-refractivity contribution in [3.63, 3.8) is 0 Å². The summed E-state index contributed by atoms with van der Waals surface area (Å²) in [6, 6.07) is 1.87. The standard InChI is InChI=1S/C5H5FN2O/c6-3-1-4(7)8-5(9)2-3/h1-2H,(H3,7,8,9). The topological polar surface area (TPSA) is 58.9 Å². The van der Waals surface area contributed by atoms with Crippen molar-refractivity contribution in [2.24, 2.45) is 0 Å². The van der Waals surface area contributed by atoms with E-state index in [4.69, 9.17) is 5.73 Å². The van der Waals surface area contributed by atoms with Gasteiger partial charge in [-0.3, -0.25) is 4.79 Å². The molecular formula is C5H5FN2O. The van der Waals surface area contributed by atoms with Gasteiger partial charge in [-0.2, -0.15) is 0 Å². The summed E-state index contributed by atoms with van der Waals surface area (Å²) in [7, 11) is 0. The van der Waals surface area contributed by atoms with E-state index in [1.807, 2.05) is 0 Å². The molecule has 0 atom stereocenters. The lowest BCUT2D eigenvalue weighted by Gasteiger charge is -1.89. The maximum absolute atomic E-state index is 12.1. The molecule has 0 saturated heterocycles. The van der Waals surface area contributed by atoms with E-state index in [1.165, 1.54) is 0 Å². The fraction of sp³-hybridized carbons (Fsp3) is 0. The lowest BCUT2D eigenvalue weighted by molar-refractivity contribution is 0.624. The molecule has 1 aromatic rings. The molecule has 9 heavy (non-hydrogen) atoms. The van der Waals surface area contributed by atoms with Crippen LogP contribution < -0.4 is 11.3 Å². The van der Waals surface area contributed by atoms with Crippen LogP contribution in [-0.4, -0.2) is 4.98 Å². The largest absolute Gasteiger partial charge is 0.385 e. The van der Waals surface area contributed by atoms with Crippen molar-refractivity contribution in [1.82, 2.24) is 4.98 Å². The predicted molar refractivity (Wildman–Crippen MR) is 31.4 cm³/mol. The number of halogens is 1. The lowest BCUT2D eigenvalue weighted by Crippen LogP contribution is -2.07. The number of nitrogen functional groups attached to an aromatic ring is 1. The third-order valence-electron chi connectivity index (χ3n) is 0.830. The van der Waals surface area contributed by atoms with Gasteiger partial charge in [-0.05, 0) is 0 Å². The van der Waals surface area contributed by atoms with Crippen molar-refractivity contribution in [3.05, 3.63) is 28.3 Å². The van der Waals surface area contributed by atoms with Gasteiger partial charge in [0.2, 0.25) is 0 Å². The first-order valence-corrected chi connectivity index (χ1v) is 2.34. The summed E-state index contributed by atoms with van der Waals surface area (Å²) < 4.78 is 12.1. The molecule has 0 spiro atoms. The van der Waals surface area contributed by atoms with Gasteiger partial charge in [0.05, 0.1) is 0 Å². The Bertz CT molecular complexity index is 245. The molecule has 0 aliphatic rings. The Morgan fingerprint density at radius 3 is 2.67 bits per heavy atom. The number of anilines is 1. The van der Waals surface area contributed by atoms with E-state index < -0.39 is 11.4 Å². The number of pyridine rings is 1. The van der Waals surface area contributed by atoms with Crippen LogP contribution in [0.3, 0.4) is 0 Å². The molecule has 1 rings (SSSR count). The smallest absolute Gasteiger partial charge is 0.252 e. The van der Waals surface area contributed by atoms with E-state index in [9.17, 15) is 9.18 Å². The third kappa shape index (κ3) is 1.28. The maximum Gasteiger partial charge on any atom is 0.252 e. The summed E-state index contributed by atoms with van der Waals surface area (Å²) >= 11 is 0. The number of nitrogens with two attached hydrogens (primary N) is 1. The molecule has 1 heterocycles. The molecule has 0 saturated carbocycles. The van der Waals surface area contributed by atoms with Gasteiger partial charge < -0.3 is 10.7 Å². The van der Waals surface area contributed by atoms with Crippen molar-refractivity contribution in [2.45, 2.75) is 0 Å². The molecular weight excluding hydrogens is 123 g/mol. The Morgan fingerprint density at radius 2 is 2.22 bits per heavy atom. The second kappa shape index (κ2) is 1.89. The third-order valence-corrected chi connectivity index (χ3v) is 0.830. The van der Waals surface area contributed by atoms with Crippen LogP contribution in [-0.2, 0) is 0 Å². The zero-order valence-electron chi connectivity index (χ0n) is 4.52. The highest BCUT2D eigenvalue weighted by Crippen LogP contribution is 1.94. The van der Waals surface area contributed by atoms with E-state index in [2.05, 4.69) is 4.98 Å². The first-order valence-electron chi connectivity index (χ1n) is 2.34. The highest BCUT2D eigenvalue weighted by Gasteiger charge is 1.91. The Kier molecular flexibility index (Phi) is 1.22. The fourth-order valence-corrected chi connectivity index (χ4v) is 0.530. The van der Waals surface area contributed by atoms with E-state index in [1.54, 1.807) is 0 Å². The quantitative estimate of drug-likeness (QED) is 0.520. The van der Waals surface area contributed by atoms with E-state index >= 15 is 0 Å². The molecule has 1 aromatic heterocycles. The minimum absolute atomic E-state index is 0.0417. The molecule has 0 unspecified atom stereocenters. The zero-order valence-corrected chi connectivity index (χ0v) is 4.52. The minimum Gasteiger partial charge on any atom is -0.385 e. The van der Waals surface area contributed by atoms with Crippen molar-refractivity contribution in [1.29, 1.82) is 0 Å². The highest BCUT2D eigenvalue weighted by atomic mass is 19.1. The molecule has 48 valence electrons. The molecule has 3 nitrogen and oxygen atoms in total. The highest BCUT2D eigenvalue weighted by molar-refractivity contribution is 5.26. The fourth-order valence-electron chi connectivity index (χ4n) is 0.530. The van der Waals surface area contributed by atoms with Crippen LogP contribution in [0.2, 0.25) is 0 Å². The zero-order chi connectivity index (χ0) is 6.85. The number of H-pyrrole nitrogens is 1. The summed E-state index contributed by atoms with van der Waals surface area (Å²) in [5.74, 6) is -0.573. The molecule has 0 aliphatic carbocycles. The number of aromatic nitrogens is 1. The van der Waals surface area contributed by atoms with Gasteiger partial charge in [0.25, 0.3) is 5.56 Å². The van der Waals surface area contributed by atoms with Crippen LogP contribution in [0.15, 0.2) is 16.9 Å². The van der Waals surface area contributed by atoms with Gasteiger partial charge in [-0.15, -0.1) is 0 Å². The van der Waals surface area contributed by atoms with Gasteiger partial charge in [-0.1, -0.05) is 0 Å². The Labute approximate surface area is 50.3 Å². The molecule has 0 fully saturated rings. The van der Waals surface area contributed by atoms with E-state index in [0.29, 0.717) is 0 Å². The van der Waals surface area contributed by atoms with Crippen LogP contribution in [0, 0.1) is 5.82 Å². The summed E-state index contributed by atoms with van der Waals surface area (Å²) in [4.78, 5) is 12.5. The second-order valence-corrected chi connectivity index (χ2v) is 1.62. The van der Waals surface area contributed by atoms with Crippen molar-refractivity contribution in [3.8, 4) is 0 Å². The van der Waals surface area contributed by atoms with Gasteiger partial charge in [0.1, 0.15) is 11.6 Å². The Hall–Kier alpha value is -1.32. The molecule has 0 aromatic carbocycles. The van der Waals surface area contributed by atoms with Crippen molar-refractivity contribution in [2.75, 3.05) is 5.73 Å². The number of hydrogen-bond acceptors (Lipinski definition) is 2. The van der Waals surface area contributed by atoms with Crippen molar-refractivity contribution < 1.29 is 4.39 Å². The SMILES string of the molecule is Nc1cc(F)cc(=O)[nH]1. The summed E-state index contributed by atoms with van der Waals surface area (Å²) in [6.07, 6.45) is 0. The van der Waals surface area contributed by atoms with Gasteiger partial charge in [0, 0.05) is 12.1 Å². The van der Waals surface area contributed by atoms with Crippen LogP contribution in [0.5, 0.6) is 0 Å². The van der Waals surface area contributed by atoms with Crippen LogP contribution in [0.1, 0.15) is 0 Å². The summed E-state index contributed by atoms with van der Waals surface area (Å²) in [6.45, 7) is 0. The normalized spacial score (nSPS) is 9.44. The van der Waals surface area contributed by atoms with Gasteiger partial charge >= 0.3 is 0 Å². The number of hydrogen-bond donors (Lipinski definition) is 2. The van der Waals surface area contributed by atoms with Crippen molar-refractivity contribution >= 4 is 5.82 Å². The lowest BCUT2D eigenvalue weighted by atomic mass is 10.4. The first kappa shape index (κ1) is 5.81. The van der Waals surface area contributed by atoms with E-state index in [0.717, 1.165) is 12.1 Å². The number of nitrogens with one attached hydrogen (secondary N) is 1. The van der Waals surface area contributed by atoms with Gasteiger partial charge in [0.15, 0.2) is 0 Å². The average Bonchev–Trinajstić information content (AvgIpc) is 1.59. The average molecular weight is 128 g/mol. The Balaban J connectivity index is 3.33.